The Balaban J connectivity index is 1.65. The first-order chi connectivity index (χ1) is 11.8. The highest BCUT2D eigenvalue weighted by atomic mass is 16.5. The van der Waals surface area contributed by atoms with E-state index in [1.54, 1.807) is 7.11 Å². The quantitative estimate of drug-likeness (QED) is 0.493. The van der Waals surface area contributed by atoms with Crippen molar-refractivity contribution in [2.75, 3.05) is 7.11 Å². The van der Waals surface area contributed by atoms with Crippen LogP contribution in [0.2, 0.25) is 0 Å². The van der Waals surface area contributed by atoms with E-state index >= 15 is 0 Å². The molecule has 116 valence electrons. The number of hydrogen-bond acceptors (Lipinski definition) is 2. The van der Waals surface area contributed by atoms with E-state index in [1.165, 1.54) is 16.3 Å². The van der Waals surface area contributed by atoms with Crippen molar-refractivity contribution in [1.82, 2.24) is 4.98 Å². The number of methoxy groups -OCH3 is 1. The van der Waals surface area contributed by atoms with Crippen LogP contribution in [0.3, 0.4) is 0 Å². The van der Waals surface area contributed by atoms with Gasteiger partial charge >= 0.3 is 0 Å². The van der Waals surface area contributed by atoms with Crippen molar-refractivity contribution in [1.29, 1.82) is 0 Å². The monoisotopic (exact) mass is 311 g/mol. The molecule has 0 saturated heterocycles. The number of pyridine rings is 1. The molecule has 4 aromatic rings. The van der Waals surface area contributed by atoms with Gasteiger partial charge in [0.2, 0.25) is 0 Å². The van der Waals surface area contributed by atoms with Gasteiger partial charge in [-0.15, -0.1) is 0 Å². The molecule has 0 unspecified atom stereocenters. The van der Waals surface area contributed by atoms with Gasteiger partial charge in [-0.25, -0.2) is 4.98 Å². The molecular weight excluding hydrogens is 294 g/mol. The number of nitrogens with zero attached hydrogens (tertiary/aromatic N) is 1. The summed E-state index contributed by atoms with van der Waals surface area (Å²) in [5.74, 6) is 0.851. The molecule has 0 spiro atoms. The molecule has 0 amide bonds. The Hall–Kier alpha value is -3.13. The first kappa shape index (κ1) is 14.5. The normalized spacial score (nSPS) is 11.4. The van der Waals surface area contributed by atoms with Gasteiger partial charge in [-0.1, -0.05) is 48.5 Å². The lowest BCUT2D eigenvalue weighted by molar-refractivity contribution is 0.415. The Kier molecular flexibility index (Phi) is 3.72. The third kappa shape index (κ3) is 2.86. The summed E-state index contributed by atoms with van der Waals surface area (Å²) in [4.78, 5) is 4.69. The Morgan fingerprint density at radius 3 is 2.46 bits per heavy atom. The van der Waals surface area contributed by atoms with Gasteiger partial charge in [0.15, 0.2) is 0 Å². The molecule has 1 heterocycles. The molecule has 24 heavy (non-hydrogen) atoms. The molecule has 0 aliphatic rings. The zero-order valence-electron chi connectivity index (χ0n) is 13.4. The number of benzene rings is 3. The van der Waals surface area contributed by atoms with Gasteiger partial charge < -0.3 is 4.74 Å². The predicted molar refractivity (Wildman–Crippen MR) is 101 cm³/mol. The maximum absolute atomic E-state index is 5.25. The second-order valence-corrected chi connectivity index (χ2v) is 5.73. The summed E-state index contributed by atoms with van der Waals surface area (Å²) in [6.45, 7) is 0. The average molecular weight is 311 g/mol. The van der Waals surface area contributed by atoms with Gasteiger partial charge in [0.1, 0.15) is 5.75 Å². The lowest BCUT2D eigenvalue weighted by atomic mass is 10.1. The minimum Gasteiger partial charge on any atom is -0.497 e. The summed E-state index contributed by atoms with van der Waals surface area (Å²) in [6.07, 6.45) is 4.15. The van der Waals surface area contributed by atoms with Gasteiger partial charge in [0.05, 0.1) is 18.3 Å². The molecule has 0 atom stereocenters. The van der Waals surface area contributed by atoms with Crippen molar-refractivity contribution in [3.05, 3.63) is 84.1 Å². The Labute approximate surface area is 141 Å². The van der Waals surface area contributed by atoms with E-state index in [1.807, 2.05) is 30.3 Å². The molecule has 3 aromatic carbocycles. The van der Waals surface area contributed by atoms with Crippen LogP contribution >= 0.6 is 0 Å². The summed E-state index contributed by atoms with van der Waals surface area (Å²) >= 11 is 0. The summed E-state index contributed by atoms with van der Waals surface area (Å²) in [5.41, 5.74) is 3.09. The molecule has 0 fully saturated rings. The minimum absolute atomic E-state index is 0.851. The van der Waals surface area contributed by atoms with Gasteiger partial charge in [0, 0.05) is 5.39 Å². The molecule has 0 radical (unpaired) electrons. The van der Waals surface area contributed by atoms with Crippen molar-refractivity contribution in [2.45, 2.75) is 0 Å². The van der Waals surface area contributed by atoms with Crippen LogP contribution in [0, 0.1) is 0 Å². The van der Waals surface area contributed by atoms with E-state index in [-0.39, 0.29) is 0 Å². The molecule has 0 bridgehead atoms. The first-order valence-electron chi connectivity index (χ1n) is 7.93. The van der Waals surface area contributed by atoms with Crippen molar-refractivity contribution >= 4 is 33.8 Å². The SMILES string of the molecule is COc1ccc2nc(C=Cc3ccc4ccccc4c3)ccc2c1. The molecule has 0 N–H and O–H groups in total. The second kappa shape index (κ2) is 6.17. The third-order valence-corrected chi connectivity index (χ3v) is 4.14. The highest BCUT2D eigenvalue weighted by Crippen LogP contribution is 2.21. The third-order valence-electron chi connectivity index (χ3n) is 4.14. The van der Waals surface area contributed by atoms with E-state index in [0.717, 1.165) is 22.3 Å². The second-order valence-electron chi connectivity index (χ2n) is 5.73. The smallest absolute Gasteiger partial charge is 0.119 e. The zero-order chi connectivity index (χ0) is 16.4. The van der Waals surface area contributed by atoms with Crippen LogP contribution in [0.1, 0.15) is 11.3 Å². The van der Waals surface area contributed by atoms with E-state index in [9.17, 15) is 0 Å². The van der Waals surface area contributed by atoms with E-state index in [2.05, 4.69) is 59.6 Å². The fourth-order valence-corrected chi connectivity index (χ4v) is 2.83. The van der Waals surface area contributed by atoms with Crippen LogP contribution in [0.4, 0.5) is 0 Å². The fourth-order valence-electron chi connectivity index (χ4n) is 2.83. The number of hydrogen-bond donors (Lipinski definition) is 0. The van der Waals surface area contributed by atoms with Crippen LogP contribution in [-0.4, -0.2) is 12.1 Å². The lowest BCUT2D eigenvalue weighted by Crippen LogP contribution is -1.86. The van der Waals surface area contributed by atoms with Crippen molar-refractivity contribution in [3.63, 3.8) is 0 Å². The predicted octanol–water partition coefficient (Wildman–Crippen LogP) is 5.57. The maximum atomic E-state index is 5.25. The minimum atomic E-state index is 0.851. The molecule has 2 nitrogen and oxygen atoms in total. The van der Waals surface area contributed by atoms with E-state index < -0.39 is 0 Å². The van der Waals surface area contributed by atoms with Crippen molar-refractivity contribution in [3.8, 4) is 5.75 Å². The maximum Gasteiger partial charge on any atom is 0.119 e. The van der Waals surface area contributed by atoms with E-state index in [0.29, 0.717) is 0 Å². The van der Waals surface area contributed by atoms with Gasteiger partial charge in [0.25, 0.3) is 0 Å². The standard InChI is InChI=1S/C22H17NO/c1-24-21-12-13-22-19(15-21)9-11-20(23-22)10-7-16-6-8-17-4-2-3-5-18(17)14-16/h2-15H,1H3. The Morgan fingerprint density at radius 1 is 0.750 bits per heavy atom. The number of ether oxygens (including phenoxy) is 1. The van der Waals surface area contributed by atoms with Crippen LogP contribution < -0.4 is 4.74 Å². The van der Waals surface area contributed by atoms with Crippen molar-refractivity contribution in [2.24, 2.45) is 0 Å². The summed E-state index contributed by atoms with van der Waals surface area (Å²) < 4.78 is 5.25. The molecular formula is C22H17NO. The molecule has 4 rings (SSSR count). The Bertz CT molecular complexity index is 1050. The molecule has 0 saturated carbocycles. The molecule has 1 aromatic heterocycles. The summed E-state index contributed by atoms with van der Waals surface area (Å²) in [5, 5.41) is 3.59. The average Bonchev–Trinajstić information content (AvgIpc) is 2.65. The highest BCUT2D eigenvalue weighted by molar-refractivity contribution is 5.86. The van der Waals surface area contributed by atoms with Crippen molar-refractivity contribution < 1.29 is 4.74 Å². The van der Waals surface area contributed by atoms with Crippen LogP contribution in [0.25, 0.3) is 33.8 Å². The number of aromatic nitrogens is 1. The molecule has 2 heteroatoms. The zero-order valence-corrected chi connectivity index (χ0v) is 13.4. The van der Waals surface area contributed by atoms with Crippen LogP contribution in [-0.2, 0) is 0 Å². The summed E-state index contributed by atoms with van der Waals surface area (Å²) in [7, 11) is 1.68. The lowest BCUT2D eigenvalue weighted by Gasteiger charge is -2.03. The fraction of sp³-hybridized carbons (Fsp3) is 0.0455. The van der Waals surface area contributed by atoms with Crippen LogP contribution in [0.5, 0.6) is 5.75 Å². The first-order valence-corrected chi connectivity index (χ1v) is 7.93. The van der Waals surface area contributed by atoms with Gasteiger partial charge in [-0.3, -0.25) is 0 Å². The largest absolute Gasteiger partial charge is 0.497 e. The van der Waals surface area contributed by atoms with Crippen LogP contribution in [0.15, 0.2) is 72.8 Å². The van der Waals surface area contributed by atoms with Gasteiger partial charge in [-0.05, 0) is 52.7 Å². The Morgan fingerprint density at radius 2 is 1.58 bits per heavy atom. The number of fused-ring (bicyclic) bond motifs is 2. The highest BCUT2D eigenvalue weighted by Gasteiger charge is 1.99. The summed E-state index contributed by atoms with van der Waals surface area (Å²) in [6, 6.07) is 24.9. The number of rotatable bonds is 3. The molecule has 0 aliphatic heterocycles. The van der Waals surface area contributed by atoms with Gasteiger partial charge in [-0.2, -0.15) is 0 Å². The van der Waals surface area contributed by atoms with E-state index in [4.69, 9.17) is 4.74 Å². The molecule has 0 aliphatic carbocycles. The topological polar surface area (TPSA) is 22.1 Å².